The number of carbonyl (C=O) groups is 1. The molecule has 1 aromatic heterocycles. The van der Waals surface area contributed by atoms with Gasteiger partial charge in [-0.25, -0.2) is 4.98 Å². The SMILES string of the molecule is CC(C)c1nccn1CCC(=O)N1CCNCC1C. The van der Waals surface area contributed by atoms with Gasteiger partial charge in [0.1, 0.15) is 5.82 Å². The van der Waals surface area contributed by atoms with Crippen molar-refractivity contribution < 1.29 is 4.79 Å². The van der Waals surface area contributed by atoms with Crippen LogP contribution in [0.4, 0.5) is 0 Å². The number of rotatable bonds is 4. The lowest BCUT2D eigenvalue weighted by atomic mass is 10.2. The number of hydrogen-bond acceptors (Lipinski definition) is 3. The fourth-order valence-corrected chi connectivity index (χ4v) is 2.58. The van der Waals surface area contributed by atoms with Crippen molar-refractivity contribution in [2.24, 2.45) is 0 Å². The second-order valence-electron chi connectivity index (χ2n) is 5.52. The van der Waals surface area contributed by atoms with Crippen LogP contribution in [0.5, 0.6) is 0 Å². The molecule has 0 aliphatic carbocycles. The van der Waals surface area contributed by atoms with Gasteiger partial charge in [0, 0.05) is 57.0 Å². The van der Waals surface area contributed by atoms with Crippen LogP contribution in [0.25, 0.3) is 0 Å². The minimum absolute atomic E-state index is 0.248. The second-order valence-corrected chi connectivity index (χ2v) is 5.52. The number of aryl methyl sites for hydroxylation is 1. The number of aromatic nitrogens is 2. The van der Waals surface area contributed by atoms with Gasteiger partial charge in [-0.1, -0.05) is 13.8 Å². The van der Waals surface area contributed by atoms with Crippen LogP contribution in [-0.2, 0) is 11.3 Å². The Labute approximate surface area is 115 Å². The van der Waals surface area contributed by atoms with Crippen molar-refractivity contribution in [3.63, 3.8) is 0 Å². The molecule has 106 valence electrons. The molecule has 0 radical (unpaired) electrons. The third-order valence-electron chi connectivity index (χ3n) is 3.65. The Bertz CT molecular complexity index is 427. The van der Waals surface area contributed by atoms with Crippen LogP contribution >= 0.6 is 0 Å². The van der Waals surface area contributed by atoms with Crippen molar-refractivity contribution in [1.82, 2.24) is 19.8 Å². The molecule has 1 N–H and O–H groups in total. The fraction of sp³-hybridized carbons (Fsp3) is 0.714. The van der Waals surface area contributed by atoms with Crippen LogP contribution < -0.4 is 5.32 Å². The predicted molar refractivity (Wildman–Crippen MR) is 75.0 cm³/mol. The van der Waals surface area contributed by atoms with Crippen molar-refractivity contribution in [2.75, 3.05) is 19.6 Å². The van der Waals surface area contributed by atoms with Crippen molar-refractivity contribution in [2.45, 2.75) is 45.7 Å². The van der Waals surface area contributed by atoms with E-state index in [1.54, 1.807) is 0 Å². The van der Waals surface area contributed by atoms with Crippen molar-refractivity contribution in [3.05, 3.63) is 18.2 Å². The molecule has 2 rings (SSSR count). The second kappa shape index (κ2) is 6.19. The van der Waals surface area contributed by atoms with Gasteiger partial charge in [-0.05, 0) is 6.92 Å². The molecule has 0 spiro atoms. The smallest absolute Gasteiger partial charge is 0.224 e. The van der Waals surface area contributed by atoms with E-state index in [0.717, 1.165) is 32.0 Å². The molecule has 1 atom stereocenters. The van der Waals surface area contributed by atoms with E-state index in [4.69, 9.17) is 0 Å². The topological polar surface area (TPSA) is 50.2 Å². The molecule has 0 aromatic carbocycles. The minimum Gasteiger partial charge on any atom is -0.337 e. The van der Waals surface area contributed by atoms with Crippen LogP contribution in [0.15, 0.2) is 12.4 Å². The molecule has 2 heterocycles. The highest BCUT2D eigenvalue weighted by molar-refractivity contribution is 5.76. The number of carbonyl (C=O) groups excluding carboxylic acids is 1. The average molecular weight is 264 g/mol. The van der Waals surface area contributed by atoms with Gasteiger partial charge in [-0.15, -0.1) is 0 Å². The van der Waals surface area contributed by atoms with Gasteiger partial charge in [0.05, 0.1) is 0 Å². The average Bonchev–Trinajstić information content (AvgIpc) is 2.85. The highest BCUT2D eigenvalue weighted by Crippen LogP contribution is 2.13. The quantitative estimate of drug-likeness (QED) is 0.889. The summed E-state index contributed by atoms with van der Waals surface area (Å²) in [6.07, 6.45) is 4.33. The zero-order valence-corrected chi connectivity index (χ0v) is 12.1. The fourth-order valence-electron chi connectivity index (χ4n) is 2.58. The first-order valence-electron chi connectivity index (χ1n) is 7.10. The number of nitrogens with one attached hydrogen (secondary N) is 1. The van der Waals surface area contributed by atoms with Gasteiger partial charge in [-0.3, -0.25) is 4.79 Å². The highest BCUT2D eigenvalue weighted by atomic mass is 16.2. The maximum absolute atomic E-state index is 12.2. The summed E-state index contributed by atoms with van der Waals surface area (Å²) in [7, 11) is 0. The molecule has 5 nitrogen and oxygen atoms in total. The summed E-state index contributed by atoms with van der Waals surface area (Å²) >= 11 is 0. The summed E-state index contributed by atoms with van der Waals surface area (Å²) in [4.78, 5) is 18.6. The number of nitrogens with zero attached hydrogens (tertiary/aromatic N) is 3. The van der Waals surface area contributed by atoms with E-state index in [1.165, 1.54) is 0 Å². The van der Waals surface area contributed by atoms with Crippen LogP contribution in [0.3, 0.4) is 0 Å². The van der Waals surface area contributed by atoms with Gasteiger partial charge < -0.3 is 14.8 Å². The number of amides is 1. The zero-order valence-electron chi connectivity index (χ0n) is 12.1. The molecule has 0 saturated carbocycles. The van der Waals surface area contributed by atoms with E-state index in [9.17, 15) is 4.79 Å². The number of hydrogen-bond donors (Lipinski definition) is 1. The van der Waals surface area contributed by atoms with E-state index in [-0.39, 0.29) is 5.91 Å². The number of piperazine rings is 1. The van der Waals surface area contributed by atoms with Gasteiger partial charge in [-0.2, -0.15) is 0 Å². The van der Waals surface area contributed by atoms with Gasteiger partial charge in [0.15, 0.2) is 0 Å². The van der Waals surface area contributed by atoms with Crippen molar-refractivity contribution in [3.8, 4) is 0 Å². The third kappa shape index (κ3) is 3.35. The molecule has 1 saturated heterocycles. The summed E-state index contributed by atoms with van der Waals surface area (Å²) in [6, 6.07) is 0.300. The van der Waals surface area contributed by atoms with E-state index < -0.39 is 0 Å². The first-order valence-corrected chi connectivity index (χ1v) is 7.10. The van der Waals surface area contributed by atoms with Gasteiger partial charge in [0.25, 0.3) is 0 Å². The molecule has 19 heavy (non-hydrogen) atoms. The van der Waals surface area contributed by atoms with Crippen molar-refractivity contribution >= 4 is 5.91 Å². The summed E-state index contributed by atoms with van der Waals surface area (Å²) in [6.45, 7) is 9.69. The van der Waals surface area contributed by atoms with Crippen LogP contribution in [0, 0.1) is 0 Å². The number of imidazole rings is 1. The molecule has 0 bridgehead atoms. The molecule has 1 aliphatic heterocycles. The highest BCUT2D eigenvalue weighted by Gasteiger charge is 2.22. The molecule has 1 aliphatic rings. The lowest BCUT2D eigenvalue weighted by Gasteiger charge is -2.34. The Morgan fingerprint density at radius 1 is 1.58 bits per heavy atom. The molecular formula is C14H24N4O. The van der Waals surface area contributed by atoms with Gasteiger partial charge >= 0.3 is 0 Å². The molecule has 5 heteroatoms. The lowest BCUT2D eigenvalue weighted by Crippen LogP contribution is -2.52. The molecular weight excluding hydrogens is 240 g/mol. The lowest BCUT2D eigenvalue weighted by molar-refractivity contribution is -0.134. The van der Waals surface area contributed by atoms with Crippen LogP contribution in [-0.4, -0.2) is 46.0 Å². The minimum atomic E-state index is 0.248. The van der Waals surface area contributed by atoms with Crippen LogP contribution in [0.2, 0.25) is 0 Å². The van der Waals surface area contributed by atoms with Crippen LogP contribution in [0.1, 0.15) is 38.9 Å². The third-order valence-corrected chi connectivity index (χ3v) is 3.65. The summed E-state index contributed by atoms with van der Waals surface area (Å²) in [5.41, 5.74) is 0. The van der Waals surface area contributed by atoms with Gasteiger partial charge in [0.2, 0.25) is 5.91 Å². The summed E-state index contributed by atoms with van der Waals surface area (Å²) < 4.78 is 2.09. The summed E-state index contributed by atoms with van der Waals surface area (Å²) in [5.74, 6) is 1.70. The zero-order chi connectivity index (χ0) is 13.8. The maximum atomic E-state index is 12.2. The van der Waals surface area contributed by atoms with E-state index in [0.29, 0.717) is 18.4 Å². The first kappa shape index (κ1) is 14.1. The Hall–Kier alpha value is -1.36. The first-order chi connectivity index (χ1) is 9.09. The monoisotopic (exact) mass is 264 g/mol. The molecule has 1 amide bonds. The summed E-state index contributed by atoms with van der Waals surface area (Å²) in [5, 5.41) is 3.30. The molecule has 1 unspecified atom stereocenters. The molecule has 1 fully saturated rings. The normalized spacial score (nSPS) is 20.0. The Morgan fingerprint density at radius 2 is 2.37 bits per heavy atom. The maximum Gasteiger partial charge on any atom is 0.224 e. The van der Waals surface area contributed by atoms with E-state index in [1.807, 2.05) is 17.3 Å². The Morgan fingerprint density at radius 3 is 3.05 bits per heavy atom. The predicted octanol–water partition coefficient (Wildman–Crippen LogP) is 1.22. The van der Waals surface area contributed by atoms with E-state index >= 15 is 0 Å². The van der Waals surface area contributed by atoms with E-state index in [2.05, 4.69) is 35.6 Å². The van der Waals surface area contributed by atoms with Crippen molar-refractivity contribution in [1.29, 1.82) is 0 Å². The standard InChI is InChI=1S/C14H24N4O/c1-11(2)14-16-6-8-17(14)7-4-13(19)18-9-5-15-10-12(18)3/h6,8,11-12,15H,4-5,7,9-10H2,1-3H3. The Balaban J connectivity index is 1.91. The largest absolute Gasteiger partial charge is 0.337 e. The Kier molecular flexibility index (Phi) is 4.58. The molecule has 1 aromatic rings.